The molecule has 2 aromatic carbocycles. The molecule has 1 aromatic heterocycles. The summed E-state index contributed by atoms with van der Waals surface area (Å²) in [5, 5.41) is 0. The monoisotopic (exact) mass is 372 g/mol. The normalized spacial score (nSPS) is 16.6. The van der Waals surface area contributed by atoms with E-state index < -0.39 is 16.2 Å². The standard InChI is InChI=1S/C18H16N2O5S/c1-12-2-4-14(5-3-12)26(21,22)24-11-13-10-23-16-7-6-15-17(18(16)25-13)20-9-8-19-15/h2-9,13H,10-11H2,1H3/t13-/m1/s1. The van der Waals surface area contributed by atoms with Gasteiger partial charge in [-0.2, -0.15) is 8.42 Å². The highest BCUT2D eigenvalue weighted by atomic mass is 32.2. The van der Waals surface area contributed by atoms with Crippen LogP contribution in [0.15, 0.2) is 53.7 Å². The van der Waals surface area contributed by atoms with Crippen LogP contribution in [0.25, 0.3) is 11.0 Å². The van der Waals surface area contributed by atoms with Gasteiger partial charge in [0.1, 0.15) is 18.7 Å². The molecule has 3 aromatic rings. The lowest BCUT2D eigenvalue weighted by atomic mass is 10.2. The van der Waals surface area contributed by atoms with E-state index in [1.54, 1.807) is 36.7 Å². The molecular weight excluding hydrogens is 356 g/mol. The van der Waals surface area contributed by atoms with E-state index in [1.165, 1.54) is 12.1 Å². The van der Waals surface area contributed by atoms with Crippen molar-refractivity contribution in [2.24, 2.45) is 0 Å². The maximum Gasteiger partial charge on any atom is 0.297 e. The first-order chi connectivity index (χ1) is 12.5. The first kappa shape index (κ1) is 16.7. The summed E-state index contributed by atoms with van der Waals surface area (Å²) in [6.07, 6.45) is 2.58. The quantitative estimate of drug-likeness (QED) is 0.650. The smallest absolute Gasteiger partial charge is 0.297 e. The van der Waals surface area contributed by atoms with Crippen LogP contribution in [0, 0.1) is 6.92 Å². The molecule has 0 spiro atoms. The Kier molecular flexibility index (Phi) is 4.21. The van der Waals surface area contributed by atoms with Gasteiger partial charge in [-0.25, -0.2) is 4.98 Å². The molecule has 0 bridgehead atoms. The van der Waals surface area contributed by atoms with E-state index in [-0.39, 0.29) is 18.1 Å². The molecule has 0 aliphatic carbocycles. The molecule has 7 nitrogen and oxygen atoms in total. The van der Waals surface area contributed by atoms with E-state index in [2.05, 4.69) is 9.97 Å². The van der Waals surface area contributed by atoms with Crippen LogP contribution in [0.3, 0.4) is 0 Å². The van der Waals surface area contributed by atoms with Crippen molar-refractivity contribution in [3.8, 4) is 11.5 Å². The third-order valence-corrected chi connectivity index (χ3v) is 5.28. The van der Waals surface area contributed by atoms with Crippen molar-refractivity contribution in [2.75, 3.05) is 13.2 Å². The van der Waals surface area contributed by atoms with Crippen molar-refractivity contribution in [2.45, 2.75) is 17.9 Å². The second kappa shape index (κ2) is 6.54. The number of hydrogen-bond donors (Lipinski definition) is 0. The second-order valence-corrected chi connectivity index (χ2v) is 7.53. The van der Waals surface area contributed by atoms with Gasteiger partial charge in [-0.3, -0.25) is 9.17 Å². The summed E-state index contributed by atoms with van der Waals surface area (Å²) in [6, 6.07) is 10.0. The first-order valence-corrected chi connectivity index (χ1v) is 9.43. The molecule has 0 radical (unpaired) electrons. The Bertz CT molecular complexity index is 1050. The zero-order valence-corrected chi connectivity index (χ0v) is 14.8. The Morgan fingerprint density at radius 3 is 2.69 bits per heavy atom. The van der Waals surface area contributed by atoms with E-state index in [0.717, 1.165) is 5.56 Å². The third-order valence-electron chi connectivity index (χ3n) is 3.99. The maximum absolute atomic E-state index is 12.3. The number of rotatable bonds is 4. The van der Waals surface area contributed by atoms with Gasteiger partial charge in [-0.05, 0) is 31.2 Å². The van der Waals surface area contributed by atoms with Crippen molar-refractivity contribution in [3.63, 3.8) is 0 Å². The van der Waals surface area contributed by atoms with Crippen LogP contribution >= 0.6 is 0 Å². The number of aromatic nitrogens is 2. The molecule has 0 fully saturated rings. The molecule has 1 atom stereocenters. The predicted molar refractivity (Wildman–Crippen MR) is 93.8 cm³/mol. The number of ether oxygens (including phenoxy) is 2. The van der Waals surface area contributed by atoms with Crippen LogP contribution < -0.4 is 9.47 Å². The Hall–Kier alpha value is -2.71. The average molecular weight is 372 g/mol. The molecule has 1 aliphatic rings. The van der Waals surface area contributed by atoms with Crippen LogP contribution in [-0.2, 0) is 14.3 Å². The van der Waals surface area contributed by atoms with Crippen molar-refractivity contribution in [1.82, 2.24) is 9.97 Å². The highest BCUT2D eigenvalue weighted by Gasteiger charge is 2.26. The van der Waals surface area contributed by atoms with Crippen molar-refractivity contribution < 1.29 is 22.1 Å². The van der Waals surface area contributed by atoms with Crippen LogP contribution in [0.1, 0.15) is 5.56 Å². The summed E-state index contributed by atoms with van der Waals surface area (Å²) in [6.45, 7) is 1.91. The summed E-state index contributed by atoms with van der Waals surface area (Å²) < 4.78 is 41.3. The van der Waals surface area contributed by atoms with Crippen LogP contribution in [0.5, 0.6) is 11.5 Å². The van der Waals surface area contributed by atoms with E-state index in [0.29, 0.717) is 22.5 Å². The zero-order valence-electron chi connectivity index (χ0n) is 14.0. The van der Waals surface area contributed by atoms with Crippen LogP contribution in [0.2, 0.25) is 0 Å². The van der Waals surface area contributed by atoms with E-state index in [9.17, 15) is 8.42 Å². The van der Waals surface area contributed by atoms with Crippen molar-refractivity contribution in [3.05, 3.63) is 54.4 Å². The van der Waals surface area contributed by atoms with E-state index >= 15 is 0 Å². The third kappa shape index (κ3) is 3.21. The van der Waals surface area contributed by atoms with Gasteiger partial charge in [0.2, 0.25) is 0 Å². The summed E-state index contributed by atoms with van der Waals surface area (Å²) in [7, 11) is -3.86. The van der Waals surface area contributed by atoms with Gasteiger partial charge >= 0.3 is 0 Å². The minimum atomic E-state index is -3.86. The van der Waals surface area contributed by atoms with Crippen LogP contribution in [-0.4, -0.2) is 37.7 Å². The fourth-order valence-corrected chi connectivity index (χ4v) is 3.56. The van der Waals surface area contributed by atoms with Gasteiger partial charge in [0.15, 0.2) is 17.6 Å². The van der Waals surface area contributed by atoms with E-state index in [1.807, 2.05) is 6.92 Å². The Labute approximate surface area is 150 Å². The number of hydrogen-bond acceptors (Lipinski definition) is 7. The maximum atomic E-state index is 12.3. The Morgan fingerprint density at radius 1 is 1.12 bits per heavy atom. The molecule has 0 saturated carbocycles. The van der Waals surface area contributed by atoms with Crippen molar-refractivity contribution >= 4 is 21.2 Å². The Balaban J connectivity index is 1.51. The second-order valence-electron chi connectivity index (χ2n) is 5.92. The molecule has 0 amide bonds. The van der Waals surface area contributed by atoms with Gasteiger partial charge in [0, 0.05) is 12.4 Å². The molecule has 26 heavy (non-hydrogen) atoms. The lowest BCUT2D eigenvalue weighted by Gasteiger charge is -2.26. The van der Waals surface area contributed by atoms with Gasteiger partial charge in [0.05, 0.1) is 10.4 Å². The Morgan fingerprint density at radius 2 is 1.88 bits per heavy atom. The highest BCUT2D eigenvalue weighted by molar-refractivity contribution is 7.86. The number of fused-ring (bicyclic) bond motifs is 3. The molecule has 2 heterocycles. The molecule has 4 rings (SSSR count). The lowest BCUT2D eigenvalue weighted by Crippen LogP contribution is -2.34. The summed E-state index contributed by atoms with van der Waals surface area (Å²) >= 11 is 0. The van der Waals surface area contributed by atoms with Crippen LogP contribution in [0.4, 0.5) is 0 Å². The summed E-state index contributed by atoms with van der Waals surface area (Å²) in [4.78, 5) is 8.60. The highest BCUT2D eigenvalue weighted by Crippen LogP contribution is 2.37. The van der Waals surface area contributed by atoms with Gasteiger partial charge < -0.3 is 9.47 Å². The molecule has 0 unspecified atom stereocenters. The predicted octanol–water partition coefficient (Wildman–Crippen LogP) is 2.48. The molecular formula is C18H16N2O5S. The summed E-state index contributed by atoms with van der Waals surface area (Å²) in [5.74, 6) is 0.999. The van der Waals surface area contributed by atoms with Gasteiger partial charge in [-0.1, -0.05) is 17.7 Å². The number of aryl methyl sites for hydroxylation is 1. The summed E-state index contributed by atoms with van der Waals surface area (Å²) in [5.41, 5.74) is 2.21. The average Bonchev–Trinajstić information content (AvgIpc) is 2.66. The number of nitrogens with zero attached hydrogens (tertiary/aromatic N) is 2. The van der Waals surface area contributed by atoms with Gasteiger partial charge in [-0.15, -0.1) is 0 Å². The van der Waals surface area contributed by atoms with E-state index in [4.69, 9.17) is 13.7 Å². The minimum absolute atomic E-state index is 0.108. The molecule has 0 saturated heterocycles. The molecule has 8 heteroatoms. The van der Waals surface area contributed by atoms with Gasteiger partial charge in [0.25, 0.3) is 10.1 Å². The molecule has 134 valence electrons. The van der Waals surface area contributed by atoms with Crippen molar-refractivity contribution in [1.29, 1.82) is 0 Å². The number of benzene rings is 2. The lowest BCUT2D eigenvalue weighted by molar-refractivity contribution is 0.0569. The molecule has 0 N–H and O–H groups in total. The first-order valence-electron chi connectivity index (χ1n) is 8.02. The largest absolute Gasteiger partial charge is 0.486 e. The SMILES string of the molecule is Cc1ccc(S(=O)(=O)OC[C@H]2COc3ccc4nccnc4c3O2)cc1. The molecule has 1 aliphatic heterocycles. The fourth-order valence-electron chi connectivity index (χ4n) is 2.62. The fraction of sp³-hybridized carbons (Fsp3) is 0.222. The zero-order chi connectivity index (χ0) is 18.1. The minimum Gasteiger partial charge on any atom is -0.486 e. The topological polar surface area (TPSA) is 87.6 Å².